The summed E-state index contributed by atoms with van der Waals surface area (Å²) in [6.45, 7) is 8.31. The van der Waals surface area contributed by atoms with Crippen molar-refractivity contribution in [2.24, 2.45) is 0 Å². The van der Waals surface area contributed by atoms with Crippen molar-refractivity contribution in [1.29, 1.82) is 0 Å². The predicted molar refractivity (Wildman–Crippen MR) is 125 cm³/mol. The van der Waals surface area contributed by atoms with Gasteiger partial charge in [-0.2, -0.15) is 0 Å². The molecule has 0 amide bonds. The molecule has 1 aromatic carbocycles. The van der Waals surface area contributed by atoms with Crippen LogP contribution < -0.4 is 4.74 Å². The SMILES string of the molecule is COCCOCCOCCOCCOCCOCCOCCOCCOc1ccc(C=O)cc1. The number of benzene rings is 1. The molecule has 0 unspecified atom stereocenters. The highest BCUT2D eigenvalue weighted by atomic mass is 16.6. The standard InChI is InChI=1S/C24H40O10/c1-26-6-7-27-8-9-28-10-11-29-12-13-30-14-15-31-16-17-32-18-19-33-20-21-34-24-4-2-23(22-25)3-5-24/h2-5,22H,6-21H2,1H3. The Balaban J connectivity index is 1.68. The van der Waals surface area contributed by atoms with Gasteiger partial charge in [0.05, 0.1) is 99.1 Å². The van der Waals surface area contributed by atoms with Gasteiger partial charge in [0.1, 0.15) is 18.6 Å². The number of methoxy groups -OCH3 is 1. The Kier molecular flexibility index (Phi) is 21.9. The molecule has 10 nitrogen and oxygen atoms in total. The Labute approximate surface area is 202 Å². The van der Waals surface area contributed by atoms with Crippen molar-refractivity contribution in [2.75, 3.05) is 113 Å². The van der Waals surface area contributed by atoms with Gasteiger partial charge in [-0.15, -0.1) is 0 Å². The van der Waals surface area contributed by atoms with Gasteiger partial charge in [-0.1, -0.05) is 0 Å². The van der Waals surface area contributed by atoms with Gasteiger partial charge in [0, 0.05) is 12.7 Å². The number of rotatable bonds is 26. The number of aldehydes is 1. The van der Waals surface area contributed by atoms with Crippen LogP contribution in [0.5, 0.6) is 5.75 Å². The minimum atomic E-state index is 0.438. The van der Waals surface area contributed by atoms with Crippen molar-refractivity contribution in [3.8, 4) is 5.75 Å². The van der Waals surface area contributed by atoms with E-state index in [-0.39, 0.29) is 0 Å². The molecule has 34 heavy (non-hydrogen) atoms. The predicted octanol–water partition coefficient (Wildman–Crippen LogP) is 1.64. The minimum absolute atomic E-state index is 0.438. The van der Waals surface area contributed by atoms with Crippen LogP contribution in [0, 0.1) is 0 Å². The van der Waals surface area contributed by atoms with Crippen molar-refractivity contribution in [2.45, 2.75) is 0 Å². The van der Waals surface area contributed by atoms with Gasteiger partial charge in [0.2, 0.25) is 0 Å². The molecule has 0 saturated carbocycles. The van der Waals surface area contributed by atoms with Crippen molar-refractivity contribution in [3.05, 3.63) is 29.8 Å². The van der Waals surface area contributed by atoms with Crippen LogP contribution in [0.1, 0.15) is 10.4 Å². The average Bonchev–Trinajstić information content (AvgIpc) is 2.87. The molecular formula is C24H40O10. The largest absolute Gasteiger partial charge is 0.491 e. The molecular weight excluding hydrogens is 448 g/mol. The van der Waals surface area contributed by atoms with E-state index < -0.39 is 0 Å². The fourth-order valence-corrected chi connectivity index (χ4v) is 2.42. The molecule has 0 N–H and O–H groups in total. The molecule has 0 aliphatic rings. The van der Waals surface area contributed by atoms with E-state index in [4.69, 9.17) is 42.6 Å². The molecule has 0 bridgehead atoms. The second kappa shape index (κ2) is 24.5. The molecule has 0 aliphatic carbocycles. The third kappa shape index (κ3) is 19.8. The fraction of sp³-hybridized carbons (Fsp3) is 0.708. The maximum absolute atomic E-state index is 10.6. The zero-order valence-electron chi connectivity index (χ0n) is 20.3. The summed E-state index contributed by atoms with van der Waals surface area (Å²) in [7, 11) is 1.64. The van der Waals surface area contributed by atoms with Gasteiger partial charge in [0.25, 0.3) is 0 Å². The lowest BCUT2D eigenvalue weighted by molar-refractivity contribution is -0.0227. The molecule has 0 aliphatic heterocycles. The maximum atomic E-state index is 10.6. The summed E-state index contributed by atoms with van der Waals surface area (Å²) in [5.74, 6) is 0.709. The summed E-state index contributed by atoms with van der Waals surface area (Å²) < 4.78 is 48.2. The number of ether oxygens (including phenoxy) is 9. The van der Waals surface area contributed by atoms with Gasteiger partial charge in [0.15, 0.2) is 0 Å². The van der Waals surface area contributed by atoms with E-state index in [9.17, 15) is 4.79 Å². The first-order chi connectivity index (χ1) is 16.9. The van der Waals surface area contributed by atoms with E-state index in [0.717, 1.165) is 6.29 Å². The van der Waals surface area contributed by atoms with Crippen LogP contribution in [-0.4, -0.2) is 119 Å². The summed E-state index contributed by atoms with van der Waals surface area (Å²) >= 11 is 0. The Morgan fingerprint density at radius 2 is 0.824 bits per heavy atom. The minimum Gasteiger partial charge on any atom is -0.491 e. The lowest BCUT2D eigenvalue weighted by Gasteiger charge is -2.09. The smallest absolute Gasteiger partial charge is 0.150 e. The van der Waals surface area contributed by atoms with Gasteiger partial charge in [-0.3, -0.25) is 4.79 Å². The summed E-state index contributed by atoms with van der Waals surface area (Å²) in [6.07, 6.45) is 0.799. The summed E-state index contributed by atoms with van der Waals surface area (Å²) in [6, 6.07) is 6.94. The average molecular weight is 489 g/mol. The first-order valence-electron chi connectivity index (χ1n) is 11.6. The number of carbonyl (C=O) groups is 1. The van der Waals surface area contributed by atoms with E-state index in [1.807, 2.05) is 0 Å². The lowest BCUT2D eigenvalue weighted by Crippen LogP contribution is -2.15. The molecule has 0 heterocycles. The second-order valence-electron chi connectivity index (χ2n) is 6.81. The topological polar surface area (TPSA) is 100 Å². The van der Waals surface area contributed by atoms with Gasteiger partial charge < -0.3 is 42.6 Å². The molecule has 0 fully saturated rings. The fourth-order valence-electron chi connectivity index (χ4n) is 2.42. The molecule has 196 valence electrons. The van der Waals surface area contributed by atoms with E-state index in [2.05, 4.69) is 0 Å². The zero-order chi connectivity index (χ0) is 24.4. The van der Waals surface area contributed by atoms with E-state index >= 15 is 0 Å². The molecule has 0 saturated heterocycles. The normalized spacial score (nSPS) is 11.1. The highest BCUT2D eigenvalue weighted by Gasteiger charge is 1.97. The van der Waals surface area contributed by atoms with Crippen LogP contribution in [0.15, 0.2) is 24.3 Å². The molecule has 0 atom stereocenters. The van der Waals surface area contributed by atoms with Crippen molar-refractivity contribution in [3.63, 3.8) is 0 Å². The molecule has 1 rings (SSSR count). The Hall–Kier alpha value is -1.63. The Morgan fingerprint density at radius 3 is 1.15 bits per heavy atom. The second-order valence-corrected chi connectivity index (χ2v) is 6.81. The van der Waals surface area contributed by atoms with Crippen LogP contribution in [0.2, 0.25) is 0 Å². The lowest BCUT2D eigenvalue weighted by atomic mass is 10.2. The van der Waals surface area contributed by atoms with Crippen LogP contribution in [0.4, 0.5) is 0 Å². The summed E-state index contributed by atoms with van der Waals surface area (Å²) in [5.41, 5.74) is 0.622. The van der Waals surface area contributed by atoms with Gasteiger partial charge >= 0.3 is 0 Å². The molecule has 0 radical (unpaired) electrons. The number of carbonyl (C=O) groups excluding carboxylic acids is 1. The first kappa shape index (κ1) is 30.4. The van der Waals surface area contributed by atoms with Crippen molar-refractivity contribution in [1.82, 2.24) is 0 Å². The van der Waals surface area contributed by atoms with Crippen LogP contribution in [0.3, 0.4) is 0 Å². The van der Waals surface area contributed by atoms with Crippen LogP contribution in [-0.2, 0) is 37.9 Å². The monoisotopic (exact) mass is 488 g/mol. The maximum Gasteiger partial charge on any atom is 0.150 e. The van der Waals surface area contributed by atoms with Gasteiger partial charge in [-0.05, 0) is 24.3 Å². The number of hydrogen-bond donors (Lipinski definition) is 0. The van der Waals surface area contributed by atoms with Crippen LogP contribution >= 0.6 is 0 Å². The highest BCUT2D eigenvalue weighted by molar-refractivity contribution is 5.74. The molecule has 1 aromatic rings. The van der Waals surface area contributed by atoms with E-state index in [1.165, 1.54) is 0 Å². The third-order valence-corrected chi connectivity index (χ3v) is 4.18. The summed E-state index contributed by atoms with van der Waals surface area (Å²) in [5, 5.41) is 0. The summed E-state index contributed by atoms with van der Waals surface area (Å²) in [4.78, 5) is 10.6. The van der Waals surface area contributed by atoms with E-state index in [1.54, 1.807) is 31.4 Å². The van der Waals surface area contributed by atoms with Gasteiger partial charge in [-0.25, -0.2) is 0 Å². The van der Waals surface area contributed by atoms with Crippen molar-refractivity contribution >= 4 is 6.29 Å². The third-order valence-electron chi connectivity index (χ3n) is 4.18. The molecule has 0 aromatic heterocycles. The van der Waals surface area contributed by atoms with Crippen molar-refractivity contribution < 1.29 is 47.4 Å². The van der Waals surface area contributed by atoms with E-state index in [0.29, 0.717) is 117 Å². The molecule has 10 heteroatoms. The zero-order valence-corrected chi connectivity index (χ0v) is 20.3. The van der Waals surface area contributed by atoms with Crippen LogP contribution in [0.25, 0.3) is 0 Å². The molecule has 0 spiro atoms. The first-order valence-corrected chi connectivity index (χ1v) is 11.6. The Bertz CT molecular complexity index is 555. The Morgan fingerprint density at radius 1 is 0.500 bits per heavy atom. The quantitative estimate of drug-likeness (QED) is 0.141. The highest BCUT2D eigenvalue weighted by Crippen LogP contribution is 2.10. The number of hydrogen-bond acceptors (Lipinski definition) is 10.